The maximum absolute atomic E-state index is 13.3. The van der Waals surface area contributed by atoms with Gasteiger partial charge in [0.15, 0.2) is 0 Å². The van der Waals surface area contributed by atoms with Crippen LogP contribution in [0.25, 0.3) is 0 Å². The van der Waals surface area contributed by atoms with Crippen molar-refractivity contribution in [2.45, 2.75) is 11.8 Å². The van der Waals surface area contributed by atoms with E-state index < -0.39 is 25.7 Å². The first-order valence-electron chi connectivity index (χ1n) is 4.27. The van der Waals surface area contributed by atoms with Crippen molar-refractivity contribution < 1.29 is 22.3 Å². The zero-order chi connectivity index (χ0) is 12.3. The summed E-state index contributed by atoms with van der Waals surface area (Å²) in [6, 6.07) is 2.73. The minimum Gasteiger partial charge on any atom is -0.462 e. The van der Waals surface area contributed by atoms with Crippen LogP contribution >= 0.6 is 10.7 Å². The first kappa shape index (κ1) is 12.9. The van der Waals surface area contributed by atoms with Crippen molar-refractivity contribution in [1.29, 1.82) is 0 Å². The Kier molecular flexibility index (Phi) is 3.88. The van der Waals surface area contributed by atoms with E-state index in [0.717, 1.165) is 12.1 Å². The SMILES string of the molecule is CCOC(=O)c1ccc(S(=O)(=O)Cl)cc1F. The third-order valence-corrected chi connectivity index (χ3v) is 3.07. The summed E-state index contributed by atoms with van der Waals surface area (Å²) < 4.78 is 39.7. The molecule has 1 rings (SSSR count). The predicted molar refractivity (Wildman–Crippen MR) is 55.4 cm³/mol. The molecule has 0 amide bonds. The van der Waals surface area contributed by atoms with Crippen molar-refractivity contribution in [3.05, 3.63) is 29.6 Å². The highest BCUT2D eigenvalue weighted by atomic mass is 35.7. The maximum Gasteiger partial charge on any atom is 0.341 e. The van der Waals surface area contributed by atoms with Gasteiger partial charge in [0.05, 0.1) is 17.1 Å². The molecule has 0 N–H and O–H groups in total. The number of hydrogen-bond acceptors (Lipinski definition) is 4. The summed E-state index contributed by atoms with van der Waals surface area (Å²) in [6.45, 7) is 1.68. The van der Waals surface area contributed by atoms with Gasteiger partial charge in [0.2, 0.25) is 0 Å². The van der Waals surface area contributed by atoms with Crippen molar-refractivity contribution in [1.82, 2.24) is 0 Å². The van der Waals surface area contributed by atoms with E-state index in [1.54, 1.807) is 6.92 Å². The molecular formula is C9H8ClFO4S. The van der Waals surface area contributed by atoms with Gasteiger partial charge in [-0.2, -0.15) is 0 Å². The number of ether oxygens (including phenoxy) is 1. The Labute approximate surface area is 96.4 Å². The van der Waals surface area contributed by atoms with Gasteiger partial charge >= 0.3 is 5.97 Å². The van der Waals surface area contributed by atoms with Crippen LogP contribution in [0.15, 0.2) is 23.1 Å². The minimum atomic E-state index is -4.00. The van der Waals surface area contributed by atoms with Crippen LogP contribution in [0, 0.1) is 5.82 Å². The van der Waals surface area contributed by atoms with Crippen LogP contribution in [-0.2, 0) is 13.8 Å². The zero-order valence-electron chi connectivity index (χ0n) is 8.24. The van der Waals surface area contributed by atoms with Gasteiger partial charge in [0, 0.05) is 10.7 Å². The van der Waals surface area contributed by atoms with Crippen molar-refractivity contribution in [2.75, 3.05) is 6.61 Å². The van der Waals surface area contributed by atoms with Crippen LogP contribution in [-0.4, -0.2) is 21.0 Å². The Bertz CT molecular complexity index is 512. The van der Waals surface area contributed by atoms with Gasteiger partial charge in [0.1, 0.15) is 5.82 Å². The molecule has 1 aromatic rings. The van der Waals surface area contributed by atoms with E-state index in [2.05, 4.69) is 4.74 Å². The molecule has 0 unspecified atom stereocenters. The first-order valence-corrected chi connectivity index (χ1v) is 6.58. The molecule has 1 aromatic carbocycles. The molecule has 7 heteroatoms. The van der Waals surface area contributed by atoms with Gasteiger partial charge in [-0.3, -0.25) is 0 Å². The lowest BCUT2D eigenvalue weighted by atomic mass is 10.2. The number of carbonyl (C=O) groups is 1. The van der Waals surface area contributed by atoms with E-state index in [1.807, 2.05) is 0 Å². The van der Waals surface area contributed by atoms with Gasteiger partial charge in [-0.05, 0) is 25.1 Å². The summed E-state index contributed by atoms with van der Waals surface area (Å²) >= 11 is 0. The second-order valence-electron chi connectivity index (χ2n) is 2.80. The number of carbonyl (C=O) groups excluding carboxylic acids is 1. The smallest absolute Gasteiger partial charge is 0.341 e. The van der Waals surface area contributed by atoms with E-state index >= 15 is 0 Å². The van der Waals surface area contributed by atoms with E-state index in [0.29, 0.717) is 6.07 Å². The number of esters is 1. The van der Waals surface area contributed by atoms with Crippen molar-refractivity contribution >= 4 is 25.7 Å². The topological polar surface area (TPSA) is 60.4 Å². The van der Waals surface area contributed by atoms with E-state index in [-0.39, 0.29) is 12.2 Å². The summed E-state index contributed by atoms with van der Waals surface area (Å²) in [7, 11) is 1.01. The van der Waals surface area contributed by atoms with Crippen molar-refractivity contribution in [3.8, 4) is 0 Å². The quantitative estimate of drug-likeness (QED) is 0.620. The lowest BCUT2D eigenvalue weighted by molar-refractivity contribution is 0.0521. The summed E-state index contributed by atoms with van der Waals surface area (Å²) in [5.41, 5.74) is -0.328. The normalized spacial score (nSPS) is 11.2. The van der Waals surface area contributed by atoms with Gasteiger partial charge in [-0.15, -0.1) is 0 Å². The molecule has 0 saturated heterocycles. The second-order valence-corrected chi connectivity index (χ2v) is 5.37. The molecule has 0 saturated carbocycles. The highest BCUT2D eigenvalue weighted by molar-refractivity contribution is 8.13. The largest absolute Gasteiger partial charge is 0.462 e. The minimum absolute atomic E-state index is 0.105. The molecule has 0 aliphatic rings. The Morgan fingerprint density at radius 1 is 1.50 bits per heavy atom. The fourth-order valence-electron chi connectivity index (χ4n) is 1.02. The zero-order valence-corrected chi connectivity index (χ0v) is 9.81. The Morgan fingerprint density at radius 2 is 2.12 bits per heavy atom. The summed E-state index contributed by atoms with van der Waals surface area (Å²) in [5, 5.41) is 0. The predicted octanol–water partition coefficient (Wildman–Crippen LogP) is 1.93. The number of halogens is 2. The molecule has 0 aromatic heterocycles. The van der Waals surface area contributed by atoms with Gasteiger partial charge in [-0.1, -0.05) is 0 Å². The lowest BCUT2D eigenvalue weighted by Gasteiger charge is -2.03. The number of hydrogen-bond donors (Lipinski definition) is 0. The van der Waals surface area contributed by atoms with Crippen LogP contribution in [0.5, 0.6) is 0 Å². The molecule has 0 atom stereocenters. The highest BCUT2D eigenvalue weighted by Crippen LogP contribution is 2.18. The molecule has 0 aliphatic heterocycles. The fraction of sp³-hybridized carbons (Fsp3) is 0.222. The van der Waals surface area contributed by atoms with Crippen LogP contribution in [0.3, 0.4) is 0 Å². The van der Waals surface area contributed by atoms with Gasteiger partial charge in [-0.25, -0.2) is 17.6 Å². The Morgan fingerprint density at radius 3 is 2.56 bits per heavy atom. The first-order chi connectivity index (χ1) is 7.36. The lowest BCUT2D eigenvalue weighted by Crippen LogP contribution is -2.07. The van der Waals surface area contributed by atoms with E-state index in [1.165, 1.54) is 0 Å². The molecule has 0 fully saturated rings. The fourth-order valence-corrected chi connectivity index (χ4v) is 1.78. The van der Waals surface area contributed by atoms with Gasteiger partial charge < -0.3 is 4.74 Å². The third kappa shape index (κ3) is 2.93. The van der Waals surface area contributed by atoms with Crippen LogP contribution in [0.2, 0.25) is 0 Å². The highest BCUT2D eigenvalue weighted by Gasteiger charge is 2.17. The average molecular weight is 267 g/mol. The monoisotopic (exact) mass is 266 g/mol. The van der Waals surface area contributed by atoms with Crippen LogP contribution < -0.4 is 0 Å². The standard InChI is InChI=1S/C9H8ClFO4S/c1-2-15-9(12)7-4-3-6(5-8(7)11)16(10,13)14/h3-5H,2H2,1H3. The van der Waals surface area contributed by atoms with Crippen molar-refractivity contribution in [3.63, 3.8) is 0 Å². The Balaban J connectivity index is 3.15. The second kappa shape index (κ2) is 4.80. The molecule has 0 heterocycles. The number of benzene rings is 1. The average Bonchev–Trinajstić information content (AvgIpc) is 2.16. The Hall–Kier alpha value is -1.14. The molecule has 16 heavy (non-hydrogen) atoms. The molecular weight excluding hydrogens is 259 g/mol. The maximum atomic E-state index is 13.3. The van der Waals surface area contributed by atoms with Gasteiger partial charge in [0.25, 0.3) is 9.05 Å². The molecule has 0 bridgehead atoms. The molecule has 4 nitrogen and oxygen atoms in total. The molecule has 0 aliphatic carbocycles. The van der Waals surface area contributed by atoms with Crippen LogP contribution in [0.4, 0.5) is 4.39 Å². The molecule has 0 spiro atoms. The van der Waals surface area contributed by atoms with Crippen molar-refractivity contribution in [2.24, 2.45) is 0 Å². The molecule has 0 radical (unpaired) electrons. The molecule has 88 valence electrons. The van der Waals surface area contributed by atoms with E-state index in [4.69, 9.17) is 10.7 Å². The summed E-state index contributed by atoms with van der Waals surface area (Å²) in [5.74, 6) is -1.83. The van der Waals surface area contributed by atoms with Crippen LogP contribution in [0.1, 0.15) is 17.3 Å². The number of rotatable bonds is 3. The summed E-state index contributed by atoms with van der Waals surface area (Å²) in [6.07, 6.45) is 0. The van der Waals surface area contributed by atoms with E-state index in [9.17, 15) is 17.6 Å². The third-order valence-electron chi connectivity index (χ3n) is 1.72. The summed E-state index contributed by atoms with van der Waals surface area (Å²) in [4.78, 5) is 10.8.